The number of rotatable bonds is 12. The van der Waals surface area contributed by atoms with E-state index in [0.717, 1.165) is 51.3 Å². The molecule has 1 aliphatic rings. The molecule has 4 aromatic heterocycles. The van der Waals surface area contributed by atoms with Crippen LogP contribution in [0.15, 0.2) is 49.1 Å². The smallest absolute Gasteiger partial charge is 0.419 e. The molecule has 320 valence electrons. The SMILES string of the molecule is Cc1c(-c2[nH]c3ccc(C4CC[N+](CC(N)=O)(C(C)OC(=O)N(C)c5ncccc5COC(=O)CN(C)C(=O)OC(C)(C)C)CC4)cc3c2C(C)C)cn2ncnc2c1C. The molecule has 1 atom stereocenters. The number of likely N-dealkylation sites (N-methyl/N-ethyl adjacent to an activating group) is 1. The fourth-order valence-electron chi connectivity index (χ4n) is 8.20. The monoisotopic (exact) mass is 824 g/mol. The number of carbonyl (C=O) groups excluding carboxylic acids is 4. The Morgan fingerprint density at radius 2 is 1.73 bits per heavy atom. The first-order valence-corrected chi connectivity index (χ1v) is 20.4. The van der Waals surface area contributed by atoms with Gasteiger partial charge in [0.25, 0.3) is 5.91 Å². The number of quaternary nitrogens is 1. The third-order valence-electron chi connectivity index (χ3n) is 11.6. The van der Waals surface area contributed by atoms with E-state index in [1.54, 1.807) is 46.2 Å². The molecule has 1 fully saturated rings. The maximum atomic E-state index is 13.7. The molecule has 5 aromatic rings. The van der Waals surface area contributed by atoms with E-state index in [9.17, 15) is 19.2 Å². The molecule has 60 heavy (non-hydrogen) atoms. The van der Waals surface area contributed by atoms with Crippen molar-refractivity contribution in [2.75, 3.05) is 45.2 Å². The average molecular weight is 825 g/mol. The van der Waals surface area contributed by atoms with Crippen LogP contribution in [0, 0.1) is 13.8 Å². The highest BCUT2D eigenvalue weighted by molar-refractivity contribution is 5.93. The molecule has 0 saturated carbocycles. The van der Waals surface area contributed by atoms with Gasteiger partial charge in [0.15, 0.2) is 12.2 Å². The zero-order chi connectivity index (χ0) is 43.7. The number of aromatic nitrogens is 5. The predicted octanol–water partition coefficient (Wildman–Crippen LogP) is 6.72. The Balaban J connectivity index is 1.14. The zero-order valence-corrected chi connectivity index (χ0v) is 36.4. The third kappa shape index (κ3) is 9.23. The summed E-state index contributed by atoms with van der Waals surface area (Å²) in [5, 5.41) is 5.61. The van der Waals surface area contributed by atoms with Gasteiger partial charge in [-0.15, -0.1) is 0 Å². The van der Waals surface area contributed by atoms with Gasteiger partial charge in [-0.1, -0.05) is 26.0 Å². The second kappa shape index (κ2) is 17.3. The number of primary amides is 1. The fourth-order valence-corrected chi connectivity index (χ4v) is 8.20. The topological polar surface area (TPSA) is 187 Å². The standard InChI is InChI=1S/C44H57N9O7/c1-26(2)38-33-20-31(13-14-35(33)49-39(38)34-21-52-40(47-25-48-52)28(4)27(34)3)30-15-18-53(19-16-30,23-36(45)54)29(5)59-43(57)51(10)41-32(12-11-17-46-41)24-58-37(55)22-50(9)42(56)60-44(6,7)8/h11-14,17,20-21,25-26,29-30,49H,15-16,18-19,22-24H2,1-10H3,(H-,45,54)/p+1. The number of nitrogens with one attached hydrogen (secondary N) is 1. The van der Waals surface area contributed by atoms with E-state index in [1.165, 1.54) is 41.7 Å². The van der Waals surface area contributed by atoms with E-state index >= 15 is 0 Å². The first-order valence-electron chi connectivity index (χ1n) is 20.4. The van der Waals surface area contributed by atoms with Gasteiger partial charge in [0.2, 0.25) is 6.23 Å². The molecule has 1 aliphatic heterocycles. The first-order chi connectivity index (χ1) is 28.3. The molecule has 0 bridgehead atoms. The van der Waals surface area contributed by atoms with Crippen molar-refractivity contribution in [3.63, 3.8) is 0 Å². The molecule has 3 amide bonds. The molecule has 1 aromatic carbocycles. The van der Waals surface area contributed by atoms with Gasteiger partial charge in [-0.25, -0.2) is 24.1 Å². The van der Waals surface area contributed by atoms with Crippen molar-refractivity contribution in [2.45, 2.75) is 98.5 Å². The summed E-state index contributed by atoms with van der Waals surface area (Å²) in [5.74, 6) is -0.450. The minimum Gasteiger partial charge on any atom is -0.459 e. The van der Waals surface area contributed by atoms with Crippen LogP contribution in [0.4, 0.5) is 15.4 Å². The van der Waals surface area contributed by atoms with Crippen LogP contribution in [-0.2, 0) is 30.4 Å². The number of esters is 1. The molecule has 5 heterocycles. The predicted molar refractivity (Wildman–Crippen MR) is 227 cm³/mol. The number of hydrogen-bond acceptors (Lipinski definition) is 10. The quantitative estimate of drug-likeness (QED) is 0.0777. The second-order valence-corrected chi connectivity index (χ2v) is 17.3. The van der Waals surface area contributed by atoms with Crippen molar-refractivity contribution >= 4 is 46.4 Å². The molecule has 6 rings (SSSR count). The van der Waals surface area contributed by atoms with Gasteiger partial charge in [-0.05, 0) is 86.9 Å². The first kappa shape index (κ1) is 43.5. The number of benzene rings is 1. The van der Waals surface area contributed by atoms with E-state index in [1.807, 2.05) is 4.52 Å². The Kier molecular flexibility index (Phi) is 12.5. The molecular formula is C44H58N9O7+. The highest BCUT2D eigenvalue weighted by Gasteiger charge is 2.43. The van der Waals surface area contributed by atoms with Gasteiger partial charge in [-0.3, -0.25) is 19.0 Å². The van der Waals surface area contributed by atoms with E-state index in [-0.39, 0.29) is 41.8 Å². The summed E-state index contributed by atoms with van der Waals surface area (Å²) < 4.78 is 18.8. The van der Waals surface area contributed by atoms with E-state index < -0.39 is 35.9 Å². The number of fused-ring (bicyclic) bond motifs is 2. The van der Waals surface area contributed by atoms with Gasteiger partial charge in [-0.2, -0.15) is 5.10 Å². The largest absolute Gasteiger partial charge is 0.459 e. The maximum absolute atomic E-state index is 13.7. The van der Waals surface area contributed by atoms with Crippen LogP contribution in [0.3, 0.4) is 0 Å². The molecule has 16 nitrogen and oxygen atoms in total. The molecule has 0 aliphatic carbocycles. The molecule has 16 heteroatoms. The average Bonchev–Trinajstić information content (AvgIpc) is 3.82. The number of amides is 3. The van der Waals surface area contributed by atoms with Crippen molar-refractivity contribution in [1.82, 2.24) is 29.5 Å². The lowest BCUT2D eigenvalue weighted by Crippen LogP contribution is -2.62. The number of nitrogens with zero attached hydrogens (tertiary/aromatic N) is 7. The van der Waals surface area contributed by atoms with Crippen LogP contribution in [-0.4, -0.2) is 110 Å². The summed E-state index contributed by atoms with van der Waals surface area (Å²) in [6, 6.07) is 9.99. The highest BCUT2D eigenvalue weighted by atomic mass is 16.6. The summed E-state index contributed by atoms with van der Waals surface area (Å²) in [6.45, 7) is 16.2. The fraction of sp³-hybridized carbons (Fsp3) is 0.477. The lowest BCUT2D eigenvalue weighted by Gasteiger charge is -2.46. The Bertz CT molecular complexity index is 2410. The zero-order valence-electron chi connectivity index (χ0n) is 36.4. The van der Waals surface area contributed by atoms with Gasteiger partial charge in [0.05, 0.1) is 18.8 Å². The summed E-state index contributed by atoms with van der Waals surface area (Å²) >= 11 is 0. The Morgan fingerprint density at radius 1 is 1.02 bits per heavy atom. The number of nitrogens with two attached hydrogens (primary N) is 1. The normalized spacial score (nSPS) is 17.4. The Hall–Kier alpha value is -6.03. The van der Waals surface area contributed by atoms with Crippen molar-refractivity contribution in [3.05, 3.63) is 76.9 Å². The van der Waals surface area contributed by atoms with Crippen molar-refractivity contribution < 1.29 is 37.9 Å². The lowest BCUT2D eigenvalue weighted by atomic mass is 9.86. The number of aromatic amines is 1. The summed E-state index contributed by atoms with van der Waals surface area (Å²) in [4.78, 5) is 66.1. The minimum absolute atomic E-state index is 0.0139. The number of carbonyl (C=O) groups is 4. The molecule has 1 saturated heterocycles. The van der Waals surface area contributed by atoms with Gasteiger partial charge in [0.1, 0.15) is 30.9 Å². The summed E-state index contributed by atoms with van der Waals surface area (Å²) in [6.07, 6.45) is 4.60. The number of likely N-dealkylation sites (tertiary alicyclic amines) is 1. The third-order valence-corrected chi connectivity index (χ3v) is 11.6. The van der Waals surface area contributed by atoms with Gasteiger partial charge < -0.3 is 29.8 Å². The molecular weight excluding hydrogens is 767 g/mol. The second-order valence-electron chi connectivity index (χ2n) is 17.3. The van der Waals surface area contributed by atoms with E-state index in [0.29, 0.717) is 18.7 Å². The molecule has 3 N–H and O–H groups in total. The summed E-state index contributed by atoms with van der Waals surface area (Å²) in [7, 11) is 2.96. The number of anilines is 1. The Labute approximate surface area is 350 Å². The number of hydrogen-bond donors (Lipinski definition) is 2. The Morgan fingerprint density at radius 3 is 2.40 bits per heavy atom. The minimum atomic E-state index is -0.716. The van der Waals surface area contributed by atoms with Gasteiger partial charge >= 0.3 is 18.2 Å². The highest BCUT2D eigenvalue weighted by Crippen LogP contribution is 2.41. The van der Waals surface area contributed by atoms with E-state index in [2.05, 4.69) is 72.1 Å². The van der Waals surface area contributed by atoms with Crippen LogP contribution in [0.25, 0.3) is 27.8 Å². The van der Waals surface area contributed by atoms with Crippen LogP contribution in [0.2, 0.25) is 0 Å². The van der Waals surface area contributed by atoms with Crippen LogP contribution in [0.5, 0.6) is 0 Å². The van der Waals surface area contributed by atoms with Gasteiger partial charge in [0, 0.05) is 68.3 Å². The number of ether oxygens (including phenoxy) is 3. The van der Waals surface area contributed by atoms with E-state index in [4.69, 9.17) is 19.9 Å². The molecule has 1 unspecified atom stereocenters. The molecule has 0 radical (unpaired) electrons. The summed E-state index contributed by atoms with van der Waals surface area (Å²) in [5.41, 5.74) is 14.4. The maximum Gasteiger partial charge on any atom is 0.419 e. The van der Waals surface area contributed by atoms with Crippen molar-refractivity contribution in [3.8, 4) is 11.3 Å². The number of piperidine rings is 1. The lowest BCUT2D eigenvalue weighted by molar-refractivity contribution is -0.964. The number of aryl methyl sites for hydroxylation is 1. The van der Waals surface area contributed by atoms with Crippen LogP contribution >= 0.6 is 0 Å². The van der Waals surface area contributed by atoms with Crippen LogP contribution < -0.4 is 10.6 Å². The van der Waals surface area contributed by atoms with Crippen molar-refractivity contribution in [1.29, 1.82) is 0 Å². The number of pyridine rings is 2. The van der Waals surface area contributed by atoms with Crippen LogP contribution in [0.1, 0.15) is 94.0 Å². The molecule has 0 spiro atoms. The number of H-pyrrole nitrogens is 1. The van der Waals surface area contributed by atoms with Crippen molar-refractivity contribution in [2.24, 2.45) is 5.73 Å².